The van der Waals surface area contributed by atoms with Gasteiger partial charge in [0.2, 0.25) is 0 Å². The number of hydrogen-bond donors (Lipinski definition) is 0. The molecule has 0 radical (unpaired) electrons. The number of carbonyl (C=O) groups is 1. The monoisotopic (exact) mass is 379 g/mol. The van der Waals surface area contributed by atoms with Crippen LogP contribution in [-0.2, 0) is 6.61 Å². The van der Waals surface area contributed by atoms with E-state index in [-0.39, 0.29) is 5.91 Å². The van der Waals surface area contributed by atoms with Gasteiger partial charge in [-0.1, -0.05) is 49.6 Å². The van der Waals surface area contributed by atoms with Gasteiger partial charge < -0.3 is 14.4 Å². The third kappa shape index (κ3) is 4.16. The summed E-state index contributed by atoms with van der Waals surface area (Å²) in [5, 5.41) is 0. The maximum absolute atomic E-state index is 13.1. The molecule has 2 aromatic carbocycles. The lowest BCUT2D eigenvalue weighted by atomic mass is 9.75. The fourth-order valence-electron chi connectivity index (χ4n) is 4.62. The molecule has 0 unspecified atom stereocenters. The number of carbonyl (C=O) groups excluding carboxylic acids is 1. The fraction of sp³-hybridized carbons (Fsp3) is 0.458. The quantitative estimate of drug-likeness (QED) is 0.740. The number of fused-ring (bicyclic) bond motifs is 1. The summed E-state index contributed by atoms with van der Waals surface area (Å²) in [5.74, 6) is 2.88. The van der Waals surface area contributed by atoms with Crippen molar-refractivity contribution in [2.75, 3.05) is 20.2 Å². The van der Waals surface area contributed by atoms with Crippen LogP contribution in [0.5, 0.6) is 11.5 Å². The predicted octanol–water partition coefficient (Wildman–Crippen LogP) is 4.93. The van der Waals surface area contributed by atoms with Crippen LogP contribution in [0.2, 0.25) is 0 Å². The molecule has 4 nitrogen and oxygen atoms in total. The molecule has 2 aliphatic rings. The van der Waals surface area contributed by atoms with Crippen LogP contribution in [0.4, 0.5) is 0 Å². The smallest absolute Gasteiger partial charge is 0.254 e. The van der Waals surface area contributed by atoms with Crippen molar-refractivity contribution in [3.8, 4) is 11.5 Å². The first-order chi connectivity index (χ1) is 13.7. The number of amides is 1. The molecule has 0 aromatic heterocycles. The zero-order valence-corrected chi connectivity index (χ0v) is 16.6. The lowest BCUT2D eigenvalue weighted by molar-refractivity contribution is 0.0520. The molecular formula is C24H29NO3. The van der Waals surface area contributed by atoms with Gasteiger partial charge in [-0.2, -0.15) is 0 Å². The fourth-order valence-corrected chi connectivity index (χ4v) is 4.62. The number of methoxy groups -OCH3 is 1. The largest absolute Gasteiger partial charge is 0.493 e. The van der Waals surface area contributed by atoms with Gasteiger partial charge in [0, 0.05) is 18.7 Å². The number of piperidine rings is 1. The van der Waals surface area contributed by atoms with E-state index in [1.165, 1.54) is 25.7 Å². The predicted molar refractivity (Wildman–Crippen MR) is 110 cm³/mol. The summed E-state index contributed by atoms with van der Waals surface area (Å²) in [6.45, 7) is 2.24. The molecule has 0 bridgehead atoms. The number of ether oxygens (including phenoxy) is 2. The van der Waals surface area contributed by atoms with E-state index >= 15 is 0 Å². The van der Waals surface area contributed by atoms with Gasteiger partial charge in [0.1, 0.15) is 6.61 Å². The van der Waals surface area contributed by atoms with Crippen molar-refractivity contribution in [2.45, 2.75) is 38.7 Å². The van der Waals surface area contributed by atoms with Crippen molar-refractivity contribution in [3.05, 3.63) is 59.7 Å². The minimum atomic E-state index is 0.108. The summed E-state index contributed by atoms with van der Waals surface area (Å²) >= 11 is 0. The van der Waals surface area contributed by atoms with Crippen molar-refractivity contribution in [1.29, 1.82) is 0 Å². The molecule has 1 aliphatic carbocycles. The first kappa shape index (κ1) is 18.9. The SMILES string of the molecule is COc1cc(C(=O)N2CC[C@@H]3CCCC[C@H]3C2)ccc1OCc1ccccc1. The Morgan fingerprint density at radius 1 is 1.00 bits per heavy atom. The van der Waals surface area contributed by atoms with Gasteiger partial charge in [0.25, 0.3) is 5.91 Å². The van der Waals surface area contributed by atoms with E-state index in [2.05, 4.69) is 0 Å². The molecule has 1 amide bonds. The maximum atomic E-state index is 13.1. The highest BCUT2D eigenvalue weighted by molar-refractivity contribution is 5.95. The molecule has 1 saturated heterocycles. The Labute approximate surface area is 167 Å². The van der Waals surface area contributed by atoms with Gasteiger partial charge in [-0.15, -0.1) is 0 Å². The molecule has 4 rings (SSSR count). The van der Waals surface area contributed by atoms with E-state index in [0.29, 0.717) is 29.6 Å². The summed E-state index contributed by atoms with van der Waals surface area (Å²) in [6.07, 6.45) is 6.42. The second kappa shape index (κ2) is 8.68. The van der Waals surface area contributed by atoms with Crippen LogP contribution in [0.1, 0.15) is 48.0 Å². The van der Waals surface area contributed by atoms with Crippen LogP contribution in [0.3, 0.4) is 0 Å². The second-order valence-electron chi connectivity index (χ2n) is 7.98. The number of likely N-dealkylation sites (tertiary alicyclic amines) is 1. The normalized spacial score (nSPS) is 21.7. The average Bonchev–Trinajstić information content (AvgIpc) is 2.77. The van der Waals surface area contributed by atoms with E-state index in [1.54, 1.807) is 7.11 Å². The van der Waals surface area contributed by atoms with E-state index < -0.39 is 0 Å². The maximum Gasteiger partial charge on any atom is 0.254 e. The molecule has 4 heteroatoms. The van der Waals surface area contributed by atoms with Crippen molar-refractivity contribution < 1.29 is 14.3 Å². The lowest BCUT2D eigenvalue weighted by Gasteiger charge is -2.41. The number of nitrogens with zero attached hydrogens (tertiary/aromatic N) is 1. The van der Waals surface area contributed by atoms with E-state index in [0.717, 1.165) is 31.0 Å². The van der Waals surface area contributed by atoms with Crippen molar-refractivity contribution in [3.63, 3.8) is 0 Å². The lowest BCUT2D eigenvalue weighted by Crippen LogP contribution is -2.44. The van der Waals surface area contributed by atoms with Gasteiger partial charge in [-0.25, -0.2) is 0 Å². The van der Waals surface area contributed by atoms with Crippen LogP contribution in [0.15, 0.2) is 48.5 Å². The van der Waals surface area contributed by atoms with Crippen molar-refractivity contribution in [2.24, 2.45) is 11.8 Å². The van der Waals surface area contributed by atoms with Gasteiger partial charge in [0.15, 0.2) is 11.5 Å². The number of rotatable bonds is 5. The van der Waals surface area contributed by atoms with Gasteiger partial charge in [-0.05, 0) is 48.4 Å². The zero-order chi connectivity index (χ0) is 19.3. The molecule has 0 spiro atoms. The summed E-state index contributed by atoms with van der Waals surface area (Å²) in [6, 6.07) is 15.6. The molecular weight excluding hydrogens is 350 g/mol. The Kier molecular flexibility index (Phi) is 5.84. The summed E-state index contributed by atoms with van der Waals surface area (Å²) in [7, 11) is 1.62. The highest BCUT2D eigenvalue weighted by Gasteiger charge is 2.33. The molecule has 28 heavy (non-hydrogen) atoms. The van der Waals surface area contributed by atoms with Crippen LogP contribution >= 0.6 is 0 Å². The molecule has 1 saturated carbocycles. The Morgan fingerprint density at radius 2 is 1.79 bits per heavy atom. The number of hydrogen-bond acceptors (Lipinski definition) is 3. The second-order valence-corrected chi connectivity index (χ2v) is 7.98. The van der Waals surface area contributed by atoms with Crippen LogP contribution < -0.4 is 9.47 Å². The Bertz CT molecular complexity index is 805. The molecule has 2 atom stereocenters. The third-order valence-electron chi connectivity index (χ3n) is 6.23. The molecule has 2 fully saturated rings. The minimum Gasteiger partial charge on any atom is -0.493 e. The molecule has 1 heterocycles. The average molecular weight is 380 g/mol. The summed E-state index contributed by atoms with van der Waals surface area (Å²) in [5.41, 5.74) is 1.78. The van der Waals surface area contributed by atoms with Crippen LogP contribution in [0, 0.1) is 11.8 Å². The van der Waals surface area contributed by atoms with Gasteiger partial charge in [0.05, 0.1) is 7.11 Å². The molecule has 0 N–H and O–H groups in total. The van der Waals surface area contributed by atoms with Crippen LogP contribution in [0.25, 0.3) is 0 Å². The highest BCUT2D eigenvalue weighted by Crippen LogP contribution is 2.37. The first-order valence-corrected chi connectivity index (χ1v) is 10.4. The standard InChI is InChI=1S/C24H29NO3/c1-27-23-15-20(11-12-22(23)28-17-18-7-3-2-4-8-18)24(26)25-14-13-19-9-5-6-10-21(19)16-25/h2-4,7-8,11-12,15,19,21H,5-6,9-10,13-14,16-17H2,1H3/t19-,21-/m0/s1. The highest BCUT2D eigenvalue weighted by atomic mass is 16.5. The Morgan fingerprint density at radius 3 is 2.57 bits per heavy atom. The molecule has 148 valence electrons. The van der Waals surface area contributed by atoms with Crippen LogP contribution in [-0.4, -0.2) is 31.0 Å². The van der Waals surface area contributed by atoms with E-state index in [9.17, 15) is 4.79 Å². The summed E-state index contributed by atoms with van der Waals surface area (Å²) < 4.78 is 11.4. The molecule has 1 aliphatic heterocycles. The van der Waals surface area contributed by atoms with Gasteiger partial charge in [-0.3, -0.25) is 4.79 Å². The zero-order valence-electron chi connectivity index (χ0n) is 16.6. The van der Waals surface area contributed by atoms with E-state index in [1.807, 2.05) is 53.4 Å². The minimum absolute atomic E-state index is 0.108. The van der Waals surface area contributed by atoms with Crippen molar-refractivity contribution in [1.82, 2.24) is 4.90 Å². The van der Waals surface area contributed by atoms with E-state index in [4.69, 9.17) is 9.47 Å². The molecule has 2 aromatic rings. The Hall–Kier alpha value is -2.49. The Balaban J connectivity index is 1.43. The summed E-state index contributed by atoms with van der Waals surface area (Å²) in [4.78, 5) is 15.1. The van der Waals surface area contributed by atoms with Gasteiger partial charge >= 0.3 is 0 Å². The number of benzene rings is 2. The first-order valence-electron chi connectivity index (χ1n) is 10.4. The third-order valence-corrected chi connectivity index (χ3v) is 6.23. The topological polar surface area (TPSA) is 38.8 Å². The van der Waals surface area contributed by atoms with Crippen molar-refractivity contribution >= 4 is 5.91 Å².